The molecule has 0 aromatic heterocycles. The zero-order valence-electron chi connectivity index (χ0n) is 11.6. The summed E-state index contributed by atoms with van der Waals surface area (Å²) in [5, 5.41) is 3.41. The average Bonchev–Trinajstić information content (AvgIpc) is 2.46. The number of hydrogen-bond donors (Lipinski definition) is 1. The highest BCUT2D eigenvalue weighted by Crippen LogP contribution is 2.24. The first-order valence-corrected chi connectivity index (χ1v) is 7.33. The van der Waals surface area contributed by atoms with Crippen LogP contribution in [0.1, 0.15) is 30.9 Å². The van der Waals surface area contributed by atoms with Gasteiger partial charge in [0.05, 0.1) is 0 Å². The summed E-state index contributed by atoms with van der Waals surface area (Å²) in [7, 11) is 0. The van der Waals surface area contributed by atoms with E-state index in [0.29, 0.717) is 11.9 Å². The van der Waals surface area contributed by atoms with Crippen molar-refractivity contribution in [2.24, 2.45) is 5.92 Å². The molecule has 3 rings (SSSR count). The monoisotopic (exact) mass is 258 g/mol. The fourth-order valence-electron chi connectivity index (χ4n) is 3.30. The third kappa shape index (κ3) is 2.66. The molecule has 1 fully saturated rings. The Bertz CT molecular complexity index is 472. The van der Waals surface area contributed by atoms with E-state index in [9.17, 15) is 4.79 Å². The van der Waals surface area contributed by atoms with Crippen LogP contribution in [0.4, 0.5) is 0 Å². The maximum atomic E-state index is 12.6. The van der Waals surface area contributed by atoms with E-state index in [1.807, 2.05) is 0 Å². The van der Waals surface area contributed by atoms with E-state index in [4.69, 9.17) is 0 Å². The maximum absolute atomic E-state index is 12.6. The van der Waals surface area contributed by atoms with E-state index < -0.39 is 0 Å². The van der Waals surface area contributed by atoms with Gasteiger partial charge in [0.25, 0.3) is 0 Å². The van der Waals surface area contributed by atoms with E-state index in [-0.39, 0.29) is 5.92 Å². The molecule has 1 amide bonds. The summed E-state index contributed by atoms with van der Waals surface area (Å²) in [6.07, 6.45) is 2.97. The van der Waals surface area contributed by atoms with Crippen molar-refractivity contribution < 1.29 is 4.79 Å². The van der Waals surface area contributed by atoms with Gasteiger partial charge in [-0.15, -0.1) is 0 Å². The highest BCUT2D eigenvalue weighted by atomic mass is 16.2. The van der Waals surface area contributed by atoms with Crippen molar-refractivity contribution in [2.45, 2.75) is 38.8 Å². The molecule has 1 saturated heterocycles. The minimum absolute atomic E-state index is 0.224. The summed E-state index contributed by atoms with van der Waals surface area (Å²) in [6.45, 7) is 4.83. The molecule has 2 atom stereocenters. The Balaban J connectivity index is 1.69. The van der Waals surface area contributed by atoms with Crippen molar-refractivity contribution in [1.82, 2.24) is 10.2 Å². The minimum atomic E-state index is 0.224. The van der Waals surface area contributed by atoms with Crippen LogP contribution in [-0.4, -0.2) is 29.9 Å². The van der Waals surface area contributed by atoms with Crippen LogP contribution < -0.4 is 5.32 Å². The van der Waals surface area contributed by atoms with E-state index in [2.05, 4.69) is 41.4 Å². The topological polar surface area (TPSA) is 32.3 Å². The lowest BCUT2D eigenvalue weighted by atomic mass is 9.90. The lowest BCUT2D eigenvalue weighted by Gasteiger charge is -2.34. The molecule has 0 aliphatic carbocycles. The van der Waals surface area contributed by atoms with Gasteiger partial charge in [-0.3, -0.25) is 4.79 Å². The third-order valence-electron chi connectivity index (χ3n) is 4.42. The number of amides is 1. The standard InChI is InChI=1S/C16H22N2O/c1-12-10-14(6-8-17-12)16(19)18-9-7-13-4-2-3-5-15(13)11-18/h2-5,12,14,17H,6-11H2,1H3. The number of benzene rings is 1. The van der Waals surface area contributed by atoms with Crippen molar-refractivity contribution in [3.8, 4) is 0 Å². The second kappa shape index (κ2) is 5.33. The first-order valence-electron chi connectivity index (χ1n) is 7.33. The summed E-state index contributed by atoms with van der Waals surface area (Å²) in [6, 6.07) is 8.97. The van der Waals surface area contributed by atoms with Crippen LogP contribution >= 0.6 is 0 Å². The summed E-state index contributed by atoms with van der Waals surface area (Å²) >= 11 is 0. The van der Waals surface area contributed by atoms with Crippen molar-refractivity contribution >= 4 is 5.91 Å². The fourth-order valence-corrected chi connectivity index (χ4v) is 3.30. The van der Waals surface area contributed by atoms with Crippen molar-refractivity contribution in [1.29, 1.82) is 0 Å². The highest BCUT2D eigenvalue weighted by molar-refractivity contribution is 5.79. The number of rotatable bonds is 1. The molecule has 1 N–H and O–H groups in total. The van der Waals surface area contributed by atoms with Crippen LogP contribution in [0.25, 0.3) is 0 Å². The zero-order chi connectivity index (χ0) is 13.2. The van der Waals surface area contributed by atoms with Crippen LogP contribution in [0.3, 0.4) is 0 Å². The van der Waals surface area contributed by atoms with Crippen molar-refractivity contribution in [3.05, 3.63) is 35.4 Å². The molecule has 2 aliphatic heterocycles. The number of piperidine rings is 1. The Morgan fingerprint density at radius 2 is 2.11 bits per heavy atom. The first kappa shape index (κ1) is 12.7. The fraction of sp³-hybridized carbons (Fsp3) is 0.562. The number of carbonyl (C=O) groups excluding carboxylic acids is 1. The van der Waals surface area contributed by atoms with E-state index in [1.54, 1.807) is 0 Å². The minimum Gasteiger partial charge on any atom is -0.338 e. The second-order valence-electron chi connectivity index (χ2n) is 5.85. The van der Waals surface area contributed by atoms with Gasteiger partial charge in [-0.1, -0.05) is 24.3 Å². The van der Waals surface area contributed by atoms with Gasteiger partial charge in [0.1, 0.15) is 0 Å². The SMILES string of the molecule is CC1CC(C(=O)N2CCc3ccccc3C2)CCN1. The highest BCUT2D eigenvalue weighted by Gasteiger charge is 2.30. The van der Waals surface area contributed by atoms with E-state index >= 15 is 0 Å². The summed E-state index contributed by atoms with van der Waals surface area (Å²) < 4.78 is 0. The number of nitrogens with zero attached hydrogens (tertiary/aromatic N) is 1. The molecule has 0 saturated carbocycles. The van der Waals surface area contributed by atoms with Crippen LogP contribution in [0.15, 0.2) is 24.3 Å². The van der Waals surface area contributed by atoms with Gasteiger partial charge in [0.2, 0.25) is 5.91 Å². The molecule has 0 bridgehead atoms. The van der Waals surface area contributed by atoms with E-state index in [1.165, 1.54) is 11.1 Å². The van der Waals surface area contributed by atoms with Gasteiger partial charge < -0.3 is 10.2 Å². The molecule has 2 unspecified atom stereocenters. The Morgan fingerprint density at radius 3 is 2.89 bits per heavy atom. The average molecular weight is 258 g/mol. The van der Waals surface area contributed by atoms with Crippen LogP contribution in [0.2, 0.25) is 0 Å². The van der Waals surface area contributed by atoms with Gasteiger partial charge in [-0.2, -0.15) is 0 Å². The molecule has 0 radical (unpaired) electrons. The number of carbonyl (C=O) groups is 1. The summed E-state index contributed by atoms with van der Waals surface area (Å²) in [5.74, 6) is 0.587. The summed E-state index contributed by atoms with van der Waals surface area (Å²) in [5.41, 5.74) is 2.73. The number of fused-ring (bicyclic) bond motifs is 1. The van der Waals surface area contributed by atoms with Crippen LogP contribution in [0.5, 0.6) is 0 Å². The van der Waals surface area contributed by atoms with E-state index in [0.717, 1.165) is 38.9 Å². The molecule has 0 spiro atoms. The smallest absolute Gasteiger partial charge is 0.226 e. The van der Waals surface area contributed by atoms with Gasteiger partial charge in [0.15, 0.2) is 0 Å². The number of nitrogens with one attached hydrogen (secondary N) is 1. The molecule has 2 aliphatic rings. The lowest BCUT2D eigenvalue weighted by Crippen LogP contribution is -2.45. The molecule has 3 nitrogen and oxygen atoms in total. The van der Waals surface area contributed by atoms with Gasteiger partial charge in [-0.05, 0) is 43.9 Å². The lowest BCUT2D eigenvalue weighted by molar-refractivity contribution is -0.137. The largest absolute Gasteiger partial charge is 0.338 e. The molecular formula is C16H22N2O. The normalized spacial score (nSPS) is 26.9. The Kier molecular flexibility index (Phi) is 3.56. The van der Waals surface area contributed by atoms with Crippen molar-refractivity contribution in [2.75, 3.05) is 13.1 Å². The zero-order valence-corrected chi connectivity index (χ0v) is 11.6. The third-order valence-corrected chi connectivity index (χ3v) is 4.42. The van der Waals surface area contributed by atoms with Gasteiger partial charge in [0, 0.05) is 25.0 Å². The Hall–Kier alpha value is -1.35. The van der Waals surface area contributed by atoms with Crippen LogP contribution in [-0.2, 0) is 17.8 Å². The molecule has 2 heterocycles. The Labute approximate surface area is 115 Å². The Morgan fingerprint density at radius 1 is 1.32 bits per heavy atom. The molecule has 3 heteroatoms. The predicted octanol–water partition coefficient (Wildman–Crippen LogP) is 1.96. The second-order valence-corrected chi connectivity index (χ2v) is 5.85. The maximum Gasteiger partial charge on any atom is 0.226 e. The predicted molar refractivity (Wildman–Crippen MR) is 75.8 cm³/mol. The quantitative estimate of drug-likeness (QED) is 0.835. The summed E-state index contributed by atoms with van der Waals surface area (Å²) in [4.78, 5) is 14.7. The molecular weight excluding hydrogens is 236 g/mol. The molecule has 1 aromatic rings. The molecule has 19 heavy (non-hydrogen) atoms. The first-order chi connectivity index (χ1) is 9.24. The van der Waals surface area contributed by atoms with Gasteiger partial charge in [-0.25, -0.2) is 0 Å². The van der Waals surface area contributed by atoms with Crippen molar-refractivity contribution in [3.63, 3.8) is 0 Å². The number of hydrogen-bond acceptors (Lipinski definition) is 2. The van der Waals surface area contributed by atoms with Gasteiger partial charge >= 0.3 is 0 Å². The molecule has 1 aromatic carbocycles. The molecule has 102 valence electrons. The van der Waals surface area contributed by atoms with Crippen LogP contribution in [0, 0.1) is 5.92 Å².